The summed E-state index contributed by atoms with van der Waals surface area (Å²) < 4.78 is 0. The van der Waals surface area contributed by atoms with Crippen molar-refractivity contribution in [1.82, 2.24) is 4.98 Å². The summed E-state index contributed by atoms with van der Waals surface area (Å²) in [5.74, 6) is 0.772. The van der Waals surface area contributed by atoms with Gasteiger partial charge in [-0.1, -0.05) is 52.3 Å². The summed E-state index contributed by atoms with van der Waals surface area (Å²) in [5.41, 5.74) is 2.71. The minimum atomic E-state index is 0.772. The quantitative estimate of drug-likeness (QED) is 0.761. The van der Waals surface area contributed by atoms with Gasteiger partial charge in [0, 0.05) is 17.1 Å². The Morgan fingerprint density at radius 1 is 1.19 bits per heavy atom. The van der Waals surface area contributed by atoms with Gasteiger partial charge in [-0.25, -0.2) is 0 Å². The smallest absolute Gasteiger partial charge is 0.0456 e. The summed E-state index contributed by atoms with van der Waals surface area (Å²) >= 11 is 0. The molecule has 0 aliphatic heterocycles. The molecule has 0 bridgehead atoms. The lowest BCUT2D eigenvalue weighted by molar-refractivity contribution is 0.562. The molecule has 1 atom stereocenters. The SMILES string of the molecule is CC.CCC(C)Cc1c[nH]c2ccccc12. The topological polar surface area (TPSA) is 15.8 Å². The molecule has 1 heterocycles. The van der Waals surface area contributed by atoms with Crippen LogP contribution in [0.3, 0.4) is 0 Å². The van der Waals surface area contributed by atoms with Crippen LogP contribution in [0.25, 0.3) is 10.9 Å². The predicted molar refractivity (Wildman–Crippen MR) is 72.8 cm³/mol. The highest BCUT2D eigenvalue weighted by Gasteiger charge is 2.05. The number of hydrogen-bond acceptors (Lipinski definition) is 0. The fraction of sp³-hybridized carbons (Fsp3) is 0.467. The van der Waals surface area contributed by atoms with E-state index >= 15 is 0 Å². The molecule has 0 radical (unpaired) electrons. The van der Waals surface area contributed by atoms with Crippen molar-refractivity contribution in [2.75, 3.05) is 0 Å². The number of H-pyrrole nitrogens is 1. The van der Waals surface area contributed by atoms with Gasteiger partial charge in [-0.15, -0.1) is 0 Å². The van der Waals surface area contributed by atoms with Gasteiger partial charge >= 0.3 is 0 Å². The number of benzene rings is 1. The average Bonchev–Trinajstić information content (AvgIpc) is 2.75. The predicted octanol–water partition coefficient (Wildman–Crippen LogP) is 4.78. The van der Waals surface area contributed by atoms with E-state index in [-0.39, 0.29) is 0 Å². The van der Waals surface area contributed by atoms with Crippen LogP contribution in [0.2, 0.25) is 0 Å². The van der Waals surface area contributed by atoms with Crippen molar-refractivity contribution in [3.63, 3.8) is 0 Å². The summed E-state index contributed by atoms with van der Waals surface area (Å²) in [7, 11) is 0. The van der Waals surface area contributed by atoms with E-state index in [1.807, 2.05) is 13.8 Å². The third kappa shape index (κ3) is 2.88. The van der Waals surface area contributed by atoms with Crippen molar-refractivity contribution in [2.24, 2.45) is 5.92 Å². The molecular formula is C15H23N. The molecule has 1 aromatic heterocycles. The molecule has 1 heteroatoms. The third-order valence-corrected chi connectivity index (χ3v) is 2.94. The van der Waals surface area contributed by atoms with E-state index in [1.165, 1.54) is 29.3 Å². The molecule has 0 fully saturated rings. The second-order valence-corrected chi connectivity index (χ2v) is 4.08. The largest absolute Gasteiger partial charge is 0.361 e. The van der Waals surface area contributed by atoms with E-state index in [0.29, 0.717) is 0 Å². The Hall–Kier alpha value is -1.24. The first-order valence-electron chi connectivity index (χ1n) is 6.36. The summed E-state index contributed by atoms with van der Waals surface area (Å²) in [6.07, 6.45) is 4.58. The van der Waals surface area contributed by atoms with Crippen LogP contribution < -0.4 is 0 Å². The van der Waals surface area contributed by atoms with Gasteiger partial charge in [0.05, 0.1) is 0 Å². The first-order chi connectivity index (χ1) is 7.81. The van der Waals surface area contributed by atoms with Crippen molar-refractivity contribution in [2.45, 2.75) is 40.5 Å². The van der Waals surface area contributed by atoms with Gasteiger partial charge in [-0.05, 0) is 24.0 Å². The fourth-order valence-electron chi connectivity index (χ4n) is 1.82. The van der Waals surface area contributed by atoms with Crippen molar-refractivity contribution < 1.29 is 0 Å². The highest BCUT2D eigenvalue weighted by atomic mass is 14.7. The standard InChI is InChI=1S/C13H17N.C2H6/c1-3-10(2)8-11-9-14-13-7-5-4-6-12(11)13;1-2/h4-7,9-10,14H,3,8H2,1-2H3;1-2H3. The molecule has 2 aromatic rings. The van der Waals surface area contributed by atoms with Gasteiger partial charge in [0.2, 0.25) is 0 Å². The molecule has 0 aliphatic carbocycles. The Labute approximate surface area is 98.9 Å². The lowest BCUT2D eigenvalue weighted by Gasteiger charge is -2.06. The highest BCUT2D eigenvalue weighted by molar-refractivity contribution is 5.83. The lowest BCUT2D eigenvalue weighted by Crippen LogP contribution is -1.96. The van der Waals surface area contributed by atoms with Gasteiger partial charge in [-0.2, -0.15) is 0 Å². The zero-order chi connectivity index (χ0) is 12.0. The van der Waals surface area contributed by atoms with E-state index in [1.54, 1.807) is 0 Å². The molecule has 0 spiro atoms. The number of nitrogens with one attached hydrogen (secondary N) is 1. The van der Waals surface area contributed by atoms with Crippen molar-refractivity contribution in [1.29, 1.82) is 0 Å². The number of rotatable bonds is 3. The third-order valence-electron chi connectivity index (χ3n) is 2.94. The Bertz CT molecular complexity index is 414. The Morgan fingerprint density at radius 2 is 1.88 bits per heavy atom. The maximum absolute atomic E-state index is 3.32. The Kier molecular flexibility index (Phi) is 5.10. The molecule has 0 saturated heterocycles. The fourth-order valence-corrected chi connectivity index (χ4v) is 1.82. The van der Waals surface area contributed by atoms with Gasteiger partial charge < -0.3 is 4.98 Å². The van der Waals surface area contributed by atoms with Crippen molar-refractivity contribution in [3.8, 4) is 0 Å². The van der Waals surface area contributed by atoms with Crippen LogP contribution in [0.1, 0.15) is 39.7 Å². The van der Waals surface area contributed by atoms with Gasteiger partial charge in [0.1, 0.15) is 0 Å². The molecule has 1 nitrogen and oxygen atoms in total. The van der Waals surface area contributed by atoms with Crippen LogP contribution in [0, 0.1) is 5.92 Å². The number of fused-ring (bicyclic) bond motifs is 1. The Balaban J connectivity index is 0.000000606. The second kappa shape index (κ2) is 6.37. The van der Waals surface area contributed by atoms with Crippen molar-refractivity contribution >= 4 is 10.9 Å². The molecule has 1 aromatic carbocycles. The van der Waals surface area contributed by atoms with Gasteiger partial charge in [0.15, 0.2) is 0 Å². The molecule has 0 amide bonds. The first-order valence-corrected chi connectivity index (χ1v) is 6.36. The van der Waals surface area contributed by atoms with E-state index in [0.717, 1.165) is 5.92 Å². The number of aromatic nitrogens is 1. The van der Waals surface area contributed by atoms with E-state index in [9.17, 15) is 0 Å². The van der Waals surface area contributed by atoms with Crippen LogP contribution in [0.4, 0.5) is 0 Å². The van der Waals surface area contributed by atoms with E-state index < -0.39 is 0 Å². The maximum Gasteiger partial charge on any atom is 0.0456 e. The number of hydrogen-bond donors (Lipinski definition) is 1. The summed E-state index contributed by atoms with van der Waals surface area (Å²) in [4.78, 5) is 3.32. The van der Waals surface area contributed by atoms with Crippen LogP contribution in [0.15, 0.2) is 30.5 Å². The molecular weight excluding hydrogens is 194 g/mol. The number of para-hydroxylation sites is 1. The summed E-state index contributed by atoms with van der Waals surface area (Å²) in [6, 6.07) is 8.52. The second-order valence-electron chi connectivity index (χ2n) is 4.08. The zero-order valence-corrected chi connectivity index (χ0v) is 10.9. The van der Waals surface area contributed by atoms with Gasteiger partial charge in [0.25, 0.3) is 0 Å². The normalized spacial score (nSPS) is 12.0. The summed E-state index contributed by atoms with van der Waals surface area (Å²) in [5, 5.41) is 1.38. The van der Waals surface area contributed by atoms with E-state index in [2.05, 4.69) is 49.3 Å². The molecule has 2 rings (SSSR count). The summed E-state index contributed by atoms with van der Waals surface area (Å²) in [6.45, 7) is 8.56. The molecule has 0 saturated carbocycles. The molecule has 88 valence electrons. The van der Waals surface area contributed by atoms with Crippen LogP contribution in [-0.4, -0.2) is 4.98 Å². The molecule has 16 heavy (non-hydrogen) atoms. The lowest BCUT2D eigenvalue weighted by atomic mass is 9.99. The molecule has 1 unspecified atom stereocenters. The van der Waals surface area contributed by atoms with Crippen LogP contribution in [-0.2, 0) is 6.42 Å². The average molecular weight is 217 g/mol. The maximum atomic E-state index is 3.32. The van der Waals surface area contributed by atoms with Crippen LogP contribution in [0.5, 0.6) is 0 Å². The van der Waals surface area contributed by atoms with Crippen molar-refractivity contribution in [3.05, 3.63) is 36.0 Å². The zero-order valence-electron chi connectivity index (χ0n) is 10.9. The minimum Gasteiger partial charge on any atom is -0.361 e. The number of aromatic amines is 1. The highest BCUT2D eigenvalue weighted by Crippen LogP contribution is 2.21. The monoisotopic (exact) mass is 217 g/mol. The van der Waals surface area contributed by atoms with Crippen LogP contribution >= 0.6 is 0 Å². The van der Waals surface area contributed by atoms with Gasteiger partial charge in [-0.3, -0.25) is 0 Å². The minimum absolute atomic E-state index is 0.772. The first kappa shape index (κ1) is 12.8. The molecule has 1 N–H and O–H groups in total. The van der Waals surface area contributed by atoms with E-state index in [4.69, 9.17) is 0 Å². The Morgan fingerprint density at radius 3 is 2.56 bits per heavy atom. The molecule has 0 aliphatic rings.